The Morgan fingerprint density at radius 1 is 1.14 bits per heavy atom. The van der Waals surface area contributed by atoms with Crippen molar-refractivity contribution in [2.24, 2.45) is 10.9 Å². The minimum Gasteiger partial charge on any atom is -0.356 e. The molecule has 0 amide bonds. The molecule has 1 aliphatic carbocycles. The molecule has 1 heterocycles. The Kier molecular flexibility index (Phi) is 6.33. The van der Waals surface area contributed by atoms with Gasteiger partial charge >= 0.3 is 0 Å². The van der Waals surface area contributed by atoms with Crippen molar-refractivity contribution >= 4 is 29.9 Å². The Hall–Kier alpha value is -0.780. The van der Waals surface area contributed by atoms with E-state index in [2.05, 4.69) is 52.6 Å². The summed E-state index contributed by atoms with van der Waals surface area (Å²) in [7, 11) is 2.12. The number of likely N-dealkylation sites (N-methyl/N-ethyl adjacent to an activating group) is 1. The summed E-state index contributed by atoms with van der Waals surface area (Å²) in [5.74, 6) is 2.68. The minimum atomic E-state index is 0. The molecule has 1 aromatic rings. The summed E-state index contributed by atoms with van der Waals surface area (Å²) in [6, 6.07) is 11.0. The Balaban J connectivity index is 0.00000161. The number of guanidine groups is 1. The van der Waals surface area contributed by atoms with Crippen LogP contribution < -0.4 is 5.32 Å². The molecule has 0 radical (unpaired) electrons. The lowest BCUT2D eigenvalue weighted by molar-refractivity contribution is 0.322. The van der Waals surface area contributed by atoms with Crippen molar-refractivity contribution in [3.8, 4) is 0 Å². The first-order valence-corrected chi connectivity index (χ1v) is 7.87. The third-order valence-electron chi connectivity index (χ3n) is 4.73. The number of hydrogen-bond donors (Lipinski definition) is 1. The zero-order valence-electron chi connectivity index (χ0n) is 12.8. The van der Waals surface area contributed by atoms with Crippen LogP contribution >= 0.6 is 24.0 Å². The van der Waals surface area contributed by atoms with Gasteiger partial charge in [-0.3, -0.25) is 4.99 Å². The number of aliphatic imine (C=N–C) groups is 1. The summed E-state index contributed by atoms with van der Waals surface area (Å²) in [5.41, 5.74) is 1.53. The van der Waals surface area contributed by atoms with Gasteiger partial charge in [0.25, 0.3) is 0 Å². The van der Waals surface area contributed by atoms with E-state index in [1.807, 2.05) is 0 Å². The predicted octanol–water partition coefficient (Wildman–Crippen LogP) is 3.47. The second kappa shape index (κ2) is 8.01. The molecule has 0 bridgehead atoms. The van der Waals surface area contributed by atoms with E-state index < -0.39 is 0 Å². The highest BCUT2D eigenvalue weighted by molar-refractivity contribution is 14.0. The molecule has 0 aromatic heterocycles. The molecule has 116 valence electrons. The van der Waals surface area contributed by atoms with Crippen LogP contribution in [0.25, 0.3) is 0 Å². The van der Waals surface area contributed by atoms with Gasteiger partial charge in [0.2, 0.25) is 0 Å². The van der Waals surface area contributed by atoms with Crippen LogP contribution in [0.5, 0.6) is 0 Å². The molecule has 21 heavy (non-hydrogen) atoms. The van der Waals surface area contributed by atoms with Crippen molar-refractivity contribution in [1.29, 1.82) is 0 Å². The van der Waals surface area contributed by atoms with E-state index in [-0.39, 0.29) is 24.0 Å². The van der Waals surface area contributed by atoms with Gasteiger partial charge in [0.15, 0.2) is 5.96 Å². The van der Waals surface area contributed by atoms with Crippen LogP contribution in [0.1, 0.15) is 37.2 Å². The summed E-state index contributed by atoms with van der Waals surface area (Å²) in [6.45, 7) is 3.09. The SMILES string of the molecule is CN1CCN=C1NCC1CCC(c2ccccc2)CC1.I. The molecule has 1 N–H and O–H groups in total. The fourth-order valence-corrected chi connectivity index (χ4v) is 3.38. The molecule has 3 nitrogen and oxygen atoms in total. The van der Waals surface area contributed by atoms with Crippen LogP contribution in [0.3, 0.4) is 0 Å². The number of benzene rings is 1. The quantitative estimate of drug-likeness (QED) is 0.789. The third-order valence-corrected chi connectivity index (χ3v) is 4.73. The number of nitrogens with zero attached hydrogens (tertiary/aromatic N) is 2. The Morgan fingerprint density at radius 3 is 2.48 bits per heavy atom. The maximum absolute atomic E-state index is 4.50. The number of halogens is 1. The number of nitrogens with one attached hydrogen (secondary N) is 1. The molecule has 0 saturated heterocycles. The monoisotopic (exact) mass is 399 g/mol. The van der Waals surface area contributed by atoms with Gasteiger partial charge < -0.3 is 10.2 Å². The van der Waals surface area contributed by atoms with Gasteiger partial charge in [-0.1, -0.05) is 30.3 Å². The molecular weight excluding hydrogens is 373 g/mol. The first-order valence-electron chi connectivity index (χ1n) is 7.87. The van der Waals surface area contributed by atoms with Gasteiger partial charge in [-0.15, -0.1) is 24.0 Å². The largest absolute Gasteiger partial charge is 0.356 e. The second-order valence-corrected chi connectivity index (χ2v) is 6.14. The molecular formula is C17H26IN3. The maximum atomic E-state index is 4.50. The van der Waals surface area contributed by atoms with Crippen molar-refractivity contribution in [1.82, 2.24) is 10.2 Å². The number of hydrogen-bond acceptors (Lipinski definition) is 3. The van der Waals surface area contributed by atoms with Gasteiger partial charge in [-0.05, 0) is 43.1 Å². The Morgan fingerprint density at radius 2 is 1.86 bits per heavy atom. The molecule has 2 aliphatic rings. The van der Waals surface area contributed by atoms with E-state index in [1.165, 1.54) is 31.2 Å². The summed E-state index contributed by atoms with van der Waals surface area (Å²) in [6.07, 6.45) is 5.34. The van der Waals surface area contributed by atoms with Gasteiger partial charge in [0.05, 0.1) is 6.54 Å². The van der Waals surface area contributed by atoms with E-state index in [1.54, 1.807) is 0 Å². The summed E-state index contributed by atoms with van der Waals surface area (Å²) >= 11 is 0. The molecule has 0 spiro atoms. The van der Waals surface area contributed by atoms with Crippen LogP contribution in [-0.4, -0.2) is 37.5 Å². The Labute approximate surface area is 145 Å². The van der Waals surface area contributed by atoms with Crippen LogP contribution in [0.2, 0.25) is 0 Å². The second-order valence-electron chi connectivity index (χ2n) is 6.14. The average Bonchev–Trinajstić information content (AvgIpc) is 2.92. The summed E-state index contributed by atoms with van der Waals surface area (Å²) < 4.78 is 0. The molecule has 1 saturated carbocycles. The minimum absolute atomic E-state index is 0. The molecule has 3 rings (SSSR count). The molecule has 0 unspecified atom stereocenters. The molecule has 0 atom stereocenters. The van der Waals surface area contributed by atoms with Gasteiger partial charge in [-0.25, -0.2) is 0 Å². The van der Waals surface area contributed by atoms with Crippen molar-refractivity contribution in [2.75, 3.05) is 26.7 Å². The Bertz CT molecular complexity index is 452. The van der Waals surface area contributed by atoms with E-state index in [9.17, 15) is 0 Å². The van der Waals surface area contributed by atoms with Crippen LogP contribution in [-0.2, 0) is 0 Å². The zero-order valence-corrected chi connectivity index (χ0v) is 15.1. The maximum Gasteiger partial charge on any atom is 0.193 e. The van der Waals surface area contributed by atoms with Crippen molar-refractivity contribution in [3.63, 3.8) is 0 Å². The fraction of sp³-hybridized carbons (Fsp3) is 0.588. The van der Waals surface area contributed by atoms with Crippen LogP contribution in [0.4, 0.5) is 0 Å². The highest BCUT2D eigenvalue weighted by atomic mass is 127. The highest BCUT2D eigenvalue weighted by Gasteiger charge is 2.23. The molecule has 1 aliphatic heterocycles. The predicted molar refractivity (Wildman–Crippen MR) is 99.5 cm³/mol. The van der Waals surface area contributed by atoms with Crippen LogP contribution in [0, 0.1) is 5.92 Å². The van der Waals surface area contributed by atoms with Crippen molar-refractivity contribution in [2.45, 2.75) is 31.6 Å². The lowest BCUT2D eigenvalue weighted by Crippen LogP contribution is -2.38. The number of rotatable bonds is 3. The fourth-order valence-electron chi connectivity index (χ4n) is 3.38. The third kappa shape index (κ3) is 4.34. The summed E-state index contributed by atoms with van der Waals surface area (Å²) in [4.78, 5) is 6.71. The smallest absolute Gasteiger partial charge is 0.193 e. The molecule has 4 heteroatoms. The van der Waals surface area contributed by atoms with E-state index >= 15 is 0 Å². The van der Waals surface area contributed by atoms with Crippen molar-refractivity contribution in [3.05, 3.63) is 35.9 Å². The normalized spacial score (nSPS) is 25.2. The van der Waals surface area contributed by atoms with E-state index in [0.717, 1.165) is 37.4 Å². The first-order chi connectivity index (χ1) is 9.83. The lowest BCUT2D eigenvalue weighted by atomic mass is 9.79. The van der Waals surface area contributed by atoms with Gasteiger partial charge in [0, 0.05) is 20.1 Å². The highest BCUT2D eigenvalue weighted by Crippen LogP contribution is 2.35. The summed E-state index contributed by atoms with van der Waals surface area (Å²) in [5, 5.41) is 3.53. The van der Waals surface area contributed by atoms with Crippen LogP contribution in [0.15, 0.2) is 35.3 Å². The van der Waals surface area contributed by atoms with E-state index in [0.29, 0.717) is 0 Å². The van der Waals surface area contributed by atoms with Gasteiger partial charge in [-0.2, -0.15) is 0 Å². The standard InChI is InChI=1S/C17H25N3.HI/c1-20-12-11-18-17(20)19-13-14-7-9-16(10-8-14)15-5-3-2-4-6-15;/h2-6,14,16H,7-13H2,1H3,(H,18,19);1H. The molecule has 1 aromatic carbocycles. The molecule has 1 fully saturated rings. The zero-order chi connectivity index (χ0) is 13.8. The van der Waals surface area contributed by atoms with Gasteiger partial charge in [0.1, 0.15) is 0 Å². The average molecular weight is 399 g/mol. The topological polar surface area (TPSA) is 27.6 Å². The first kappa shape index (κ1) is 16.6. The lowest BCUT2D eigenvalue weighted by Gasteiger charge is -2.29. The van der Waals surface area contributed by atoms with E-state index in [4.69, 9.17) is 0 Å². The van der Waals surface area contributed by atoms with Crippen molar-refractivity contribution < 1.29 is 0 Å².